The Morgan fingerprint density at radius 1 is 1.29 bits per heavy atom. The monoisotopic (exact) mass is 188 g/mol. The predicted octanol–water partition coefficient (Wildman–Crippen LogP) is 2.61. The van der Waals surface area contributed by atoms with Gasteiger partial charge in [-0.2, -0.15) is 4.98 Å². The van der Waals surface area contributed by atoms with Gasteiger partial charge in [-0.3, -0.25) is 0 Å². The van der Waals surface area contributed by atoms with Crippen molar-refractivity contribution in [2.45, 2.75) is 20.3 Å². The molecule has 0 N–H and O–H groups in total. The van der Waals surface area contributed by atoms with E-state index in [9.17, 15) is 0 Å². The van der Waals surface area contributed by atoms with Crippen LogP contribution in [0.15, 0.2) is 28.8 Å². The summed E-state index contributed by atoms with van der Waals surface area (Å²) in [6, 6.07) is 8.08. The first-order chi connectivity index (χ1) is 6.81. The molecule has 72 valence electrons. The zero-order valence-electron chi connectivity index (χ0n) is 8.32. The fraction of sp³-hybridized carbons (Fsp3) is 0.273. The molecule has 1 aromatic carbocycles. The summed E-state index contributed by atoms with van der Waals surface area (Å²) in [5, 5.41) is 3.78. The molecule has 2 rings (SSSR count). The molecule has 0 fully saturated rings. The second kappa shape index (κ2) is 3.62. The van der Waals surface area contributed by atoms with Crippen LogP contribution in [0, 0.1) is 6.92 Å². The molecule has 0 atom stereocenters. The molecule has 0 spiro atoms. The summed E-state index contributed by atoms with van der Waals surface area (Å²) in [7, 11) is 0. The normalized spacial score (nSPS) is 10.4. The van der Waals surface area contributed by atoms with Crippen LogP contribution in [0.25, 0.3) is 11.5 Å². The van der Waals surface area contributed by atoms with Gasteiger partial charge in [-0.05, 0) is 25.0 Å². The lowest BCUT2D eigenvalue weighted by Gasteiger charge is -2.01. The first-order valence-corrected chi connectivity index (χ1v) is 4.70. The van der Waals surface area contributed by atoms with Crippen LogP contribution in [-0.2, 0) is 6.42 Å². The van der Waals surface area contributed by atoms with Crippen molar-refractivity contribution in [3.8, 4) is 11.5 Å². The molecule has 0 aliphatic carbocycles. The quantitative estimate of drug-likeness (QED) is 0.727. The Morgan fingerprint density at radius 2 is 2.07 bits per heavy atom. The van der Waals surface area contributed by atoms with Crippen molar-refractivity contribution in [2.24, 2.45) is 0 Å². The minimum atomic E-state index is 0.611. The number of nitrogens with zero attached hydrogens (tertiary/aromatic N) is 2. The summed E-state index contributed by atoms with van der Waals surface area (Å²) in [6.07, 6.45) is 0.970. The maximum atomic E-state index is 5.13. The molecule has 1 heterocycles. The van der Waals surface area contributed by atoms with Crippen LogP contribution in [0.4, 0.5) is 0 Å². The fourth-order valence-corrected chi connectivity index (χ4v) is 1.44. The summed E-state index contributed by atoms with van der Waals surface area (Å²) in [5.41, 5.74) is 2.27. The standard InChI is InChI=1S/C11H12N2O/c1-3-9-6-4-5-7-10(9)11-12-8(2)13-14-11/h4-7H,3H2,1-2H3. The number of aromatic nitrogens is 2. The summed E-state index contributed by atoms with van der Waals surface area (Å²) in [6.45, 7) is 3.93. The van der Waals surface area contributed by atoms with Crippen LogP contribution in [-0.4, -0.2) is 10.1 Å². The van der Waals surface area contributed by atoms with Gasteiger partial charge >= 0.3 is 0 Å². The van der Waals surface area contributed by atoms with Gasteiger partial charge in [-0.25, -0.2) is 0 Å². The highest BCUT2D eigenvalue weighted by Crippen LogP contribution is 2.21. The van der Waals surface area contributed by atoms with Gasteiger partial charge in [0.15, 0.2) is 5.82 Å². The van der Waals surface area contributed by atoms with Crippen LogP contribution in [0.2, 0.25) is 0 Å². The van der Waals surface area contributed by atoms with Gasteiger partial charge in [0.2, 0.25) is 0 Å². The predicted molar refractivity (Wildman–Crippen MR) is 53.8 cm³/mol. The molecule has 0 aliphatic rings. The zero-order valence-corrected chi connectivity index (χ0v) is 8.32. The number of hydrogen-bond acceptors (Lipinski definition) is 3. The Balaban J connectivity index is 2.50. The Bertz CT molecular complexity index is 434. The van der Waals surface area contributed by atoms with Gasteiger partial charge in [0.05, 0.1) is 0 Å². The maximum absolute atomic E-state index is 5.13. The molecule has 0 saturated heterocycles. The van der Waals surface area contributed by atoms with Crippen molar-refractivity contribution >= 4 is 0 Å². The van der Waals surface area contributed by atoms with Crippen LogP contribution >= 0.6 is 0 Å². The molecule has 14 heavy (non-hydrogen) atoms. The van der Waals surface area contributed by atoms with Gasteiger partial charge in [0, 0.05) is 5.56 Å². The van der Waals surface area contributed by atoms with Crippen molar-refractivity contribution in [1.82, 2.24) is 10.1 Å². The fourth-order valence-electron chi connectivity index (χ4n) is 1.44. The molecule has 0 amide bonds. The van der Waals surface area contributed by atoms with E-state index in [2.05, 4.69) is 23.1 Å². The van der Waals surface area contributed by atoms with Crippen LogP contribution in [0.3, 0.4) is 0 Å². The maximum Gasteiger partial charge on any atom is 0.258 e. The zero-order chi connectivity index (χ0) is 9.97. The Kier molecular flexibility index (Phi) is 2.31. The van der Waals surface area contributed by atoms with Crippen LogP contribution in [0.1, 0.15) is 18.3 Å². The van der Waals surface area contributed by atoms with Gasteiger partial charge in [-0.1, -0.05) is 30.3 Å². The number of aryl methyl sites for hydroxylation is 2. The molecular weight excluding hydrogens is 176 g/mol. The Hall–Kier alpha value is -1.64. The highest BCUT2D eigenvalue weighted by Gasteiger charge is 2.08. The minimum absolute atomic E-state index is 0.611. The van der Waals surface area contributed by atoms with Gasteiger partial charge in [-0.15, -0.1) is 0 Å². The molecule has 0 aliphatic heterocycles. The number of hydrogen-bond donors (Lipinski definition) is 0. The van der Waals surface area contributed by atoms with Crippen molar-refractivity contribution in [3.63, 3.8) is 0 Å². The molecule has 0 saturated carbocycles. The lowest BCUT2D eigenvalue weighted by molar-refractivity contribution is 0.425. The van der Waals surface area contributed by atoms with Gasteiger partial charge in [0.25, 0.3) is 5.89 Å². The molecular formula is C11H12N2O. The van der Waals surface area contributed by atoms with E-state index in [0.717, 1.165) is 12.0 Å². The van der Waals surface area contributed by atoms with Crippen molar-refractivity contribution in [1.29, 1.82) is 0 Å². The van der Waals surface area contributed by atoms with E-state index < -0.39 is 0 Å². The highest BCUT2D eigenvalue weighted by atomic mass is 16.5. The average Bonchev–Trinajstić information content (AvgIpc) is 2.65. The minimum Gasteiger partial charge on any atom is -0.334 e. The number of benzene rings is 1. The Morgan fingerprint density at radius 3 is 2.71 bits per heavy atom. The molecule has 2 aromatic rings. The van der Waals surface area contributed by atoms with Crippen LogP contribution in [0.5, 0.6) is 0 Å². The average molecular weight is 188 g/mol. The lowest BCUT2D eigenvalue weighted by atomic mass is 10.1. The molecule has 0 unspecified atom stereocenters. The third-order valence-electron chi connectivity index (χ3n) is 2.16. The third kappa shape index (κ3) is 1.53. The second-order valence-corrected chi connectivity index (χ2v) is 3.16. The van der Waals surface area contributed by atoms with Crippen molar-refractivity contribution in [3.05, 3.63) is 35.7 Å². The van der Waals surface area contributed by atoms with Crippen molar-refractivity contribution in [2.75, 3.05) is 0 Å². The molecule has 0 radical (unpaired) electrons. The van der Waals surface area contributed by atoms with Crippen molar-refractivity contribution < 1.29 is 4.52 Å². The van der Waals surface area contributed by atoms with E-state index in [-0.39, 0.29) is 0 Å². The summed E-state index contributed by atoms with van der Waals surface area (Å²) in [4.78, 5) is 4.21. The van der Waals surface area contributed by atoms with Gasteiger partial charge < -0.3 is 4.52 Å². The second-order valence-electron chi connectivity index (χ2n) is 3.16. The topological polar surface area (TPSA) is 38.9 Å². The van der Waals surface area contributed by atoms with E-state index in [1.165, 1.54) is 5.56 Å². The van der Waals surface area contributed by atoms with Gasteiger partial charge in [0.1, 0.15) is 0 Å². The van der Waals surface area contributed by atoms with E-state index >= 15 is 0 Å². The SMILES string of the molecule is CCc1ccccc1-c1nc(C)no1. The Labute approximate surface area is 82.8 Å². The number of rotatable bonds is 2. The van der Waals surface area contributed by atoms with E-state index in [1.54, 1.807) is 0 Å². The third-order valence-corrected chi connectivity index (χ3v) is 2.16. The molecule has 3 heteroatoms. The summed E-state index contributed by atoms with van der Waals surface area (Å²) in [5.74, 6) is 1.28. The first-order valence-electron chi connectivity index (χ1n) is 4.70. The van der Waals surface area contributed by atoms with E-state index in [4.69, 9.17) is 4.52 Å². The smallest absolute Gasteiger partial charge is 0.258 e. The summed E-state index contributed by atoms with van der Waals surface area (Å²) < 4.78 is 5.13. The van der Waals surface area contributed by atoms with E-state index in [0.29, 0.717) is 11.7 Å². The molecule has 0 bridgehead atoms. The van der Waals surface area contributed by atoms with E-state index in [1.807, 2.05) is 25.1 Å². The molecule has 1 aromatic heterocycles. The highest BCUT2D eigenvalue weighted by molar-refractivity contribution is 5.58. The first kappa shape index (κ1) is 8.94. The lowest BCUT2D eigenvalue weighted by Crippen LogP contribution is -1.86. The van der Waals surface area contributed by atoms with Crippen LogP contribution < -0.4 is 0 Å². The largest absolute Gasteiger partial charge is 0.334 e. The summed E-state index contributed by atoms with van der Waals surface area (Å²) >= 11 is 0. The molecule has 3 nitrogen and oxygen atoms in total.